The molecule has 6 nitrogen and oxygen atoms in total. The van der Waals surface area contributed by atoms with Gasteiger partial charge in [-0.2, -0.15) is 5.01 Å². The van der Waals surface area contributed by atoms with Crippen LogP contribution < -0.4 is 5.32 Å². The number of amides is 2. The van der Waals surface area contributed by atoms with Crippen molar-refractivity contribution in [1.82, 2.24) is 5.01 Å². The summed E-state index contributed by atoms with van der Waals surface area (Å²) in [4.78, 5) is 24.8. The molecule has 1 aliphatic rings. The lowest BCUT2D eigenvalue weighted by Gasteiger charge is -2.18. The zero-order valence-electron chi connectivity index (χ0n) is 11.7. The first-order valence-electron chi connectivity index (χ1n) is 6.60. The summed E-state index contributed by atoms with van der Waals surface area (Å²) < 4.78 is 5.57. The summed E-state index contributed by atoms with van der Waals surface area (Å²) in [5, 5.41) is 9.73. The average Bonchev–Trinajstić information content (AvgIpc) is 3.17. The Morgan fingerprint density at radius 2 is 2.00 bits per heavy atom. The molecule has 1 N–H and O–H groups in total. The highest BCUT2D eigenvalue weighted by Crippen LogP contribution is 2.21. The van der Waals surface area contributed by atoms with Crippen LogP contribution in [0.5, 0.6) is 0 Å². The summed E-state index contributed by atoms with van der Waals surface area (Å²) in [6.07, 6.45) is -1.10. The molecule has 0 saturated carbocycles. The van der Waals surface area contributed by atoms with Crippen LogP contribution in [0.4, 0.5) is 5.69 Å². The molecule has 2 heterocycles. The molecule has 112 valence electrons. The van der Waals surface area contributed by atoms with Gasteiger partial charge in [0.25, 0.3) is 18.0 Å². The van der Waals surface area contributed by atoms with Crippen molar-refractivity contribution >= 4 is 34.7 Å². The third-order valence-electron chi connectivity index (χ3n) is 2.96. The fourth-order valence-electron chi connectivity index (χ4n) is 1.96. The van der Waals surface area contributed by atoms with Crippen LogP contribution in [0.15, 0.2) is 52.9 Å². The Morgan fingerprint density at radius 1 is 1.23 bits per heavy atom. The molecule has 3 rings (SSSR count). The number of hydrazone groups is 1. The number of hydrogen-bond acceptors (Lipinski definition) is 5. The van der Waals surface area contributed by atoms with Gasteiger partial charge in [0, 0.05) is 12.6 Å². The zero-order valence-corrected chi connectivity index (χ0v) is 12.5. The molecule has 0 spiro atoms. The number of carbonyl (C=O) groups is 2. The van der Waals surface area contributed by atoms with E-state index in [2.05, 4.69) is 10.4 Å². The number of carbonyl (C=O) groups excluding carboxylic acids is 2. The summed E-state index contributed by atoms with van der Waals surface area (Å²) in [6, 6.07) is 12.6. The van der Waals surface area contributed by atoms with E-state index < -0.39 is 12.1 Å². The smallest absolute Gasteiger partial charge is 0.289 e. The van der Waals surface area contributed by atoms with E-state index in [1.807, 2.05) is 23.6 Å². The maximum Gasteiger partial charge on any atom is 0.289 e. The minimum atomic E-state index is -1.10. The van der Waals surface area contributed by atoms with Gasteiger partial charge in [-0.3, -0.25) is 9.59 Å². The molecule has 22 heavy (non-hydrogen) atoms. The van der Waals surface area contributed by atoms with Crippen molar-refractivity contribution in [1.29, 1.82) is 0 Å². The lowest BCUT2D eigenvalue weighted by molar-refractivity contribution is -0.143. The Hall–Kier alpha value is -2.67. The van der Waals surface area contributed by atoms with Crippen molar-refractivity contribution in [3.63, 3.8) is 0 Å². The average molecular weight is 315 g/mol. The summed E-state index contributed by atoms with van der Waals surface area (Å²) in [7, 11) is 0. The summed E-state index contributed by atoms with van der Waals surface area (Å²) in [6.45, 7) is 1.34. The van der Waals surface area contributed by atoms with Gasteiger partial charge < -0.3 is 10.1 Å². The highest BCUT2D eigenvalue weighted by molar-refractivity contribution is 7.12. The van der Waals surface area contributed by atoms with Gasteiger partial charge in [-0.05, 0) is 23.6 Å². The molecule has 1 aromatic heterocycles. The van der Waals surface area contributed by atoms with Crippen molar-refractivity contribution in [3.05, 3.63) is 52.7 Å². The second-order valence-corrected chi connectivity index (χ2v) is 5.52. The molecular weight excluding hydrogens is 302 g/mol. The van der Waals surface area contributed by atoms with Crippen LogP contribution in [0.1, 0.15) is 11.8 Å². The van der Waals surface area contributed by atoms with E-state index in [0.29, 0.717) is 5.69 Å². The summed E-state index contributed by atoms with van der Waals surface area (Å²) in [5.41, 5.74) is 0.629. The molecule has 0 saturated heterocycles. The van der Waals surface area contributed by atoms with E-state index in [9.17, 15) is 9.59 Å². The molecule has 1 atom stereocenters. The van der Waals surface area contributed by atoms with Crippen LogP contribution in [0.25, 0.3) is 0 Å². The second kappa shape index (κ2) is 5.98. The van der Waals surface area contributed by atoms with E-state index >= 15 is 0 Å². The van der Waals surface area contributed by atoms with Crippen molar-refractivity contribution in [2.45, 2.75) is 13.2 Å². The van der Waals surface area contributed by atoms with Gasteiger partial charge in [-0.15, -0.1) is 16.4 Å². The van der Waals surface area contributed by atoms with Crippen LogP contribution in [0.3, 0.4) is 0 Å². The van der Waals surface area contributed by atoms with Gasteiger partial charge in [0.15, 0.2) is 0 Å². The Kier molecular flexibility index (Phi) is 3.88. The van der Waals surface area contributed by atoms with Crippen molar-refractivity contribution < 1.29 is 14.3 Å². The van der Waals surface area contributed by atoms with Crippen LogP contribution in [-0.2, 0) is 14.3 Å². The largest absolute Gasteiger partial charge is 0.440 e. The highest BCUT2D eigenvalue weighted by atomic mass is 32.1. The van der Waals surface area contributed by atoms with Crippen LogP contribution in [0.2, 0.25) is 0 Å². The Balaban J connectivity index is 1.78. The number of para-hydroxylation sites is 1. The normalized spacial score (nSPS) is 16.9. The number of nitrogens with one attached hydrogen (secondary N) is 1. The van der Waals surface area contributed by atoms with E-state index in [-0.39, 0.29) is 11.8 Å². The monoisotopic (exact) mass is 315 g/mol. The Morgan fingerprint density at radius 3 is 2.64 bits per heavy atom. The Bertz CT molecular complexity index is 713. The van der Waals surface area contributed by atoms with Gasteiger partial charge in [0.1, 0.15) is 0 Å². The third kappa shape index (κ3) is 2.84. The number of nitrogens with zero attached hydrogens (tertiary/aromatic N) is 2. The maximum absolute atomic E-state index is 12.3. The first kappa shape index (κ1) is 14.3. The molecule has 2 amide bonds. The molecular formula is C15H13N3O3S. The fraction of sp³-hybridized carbons (Fsp3) is 0.133. The van der Waals surface area contributed by atoms with E-state index in [4.69, 9.17) is 4.74 Å². The number of anilines is 1. The van der Waals surface area contributed by atoms with E-state index in [1.54, 1.807) is 24.3 Å². The molecule has 1 aliphatic heterocycles. The number of hydrogen-bond donors (Lipinski definition) is 1. The van der Waals surface area contributed by atoms with Crippen molar-refractivity contribution in [2.24, 2.45) is 5.10 Å². The molecule has 0 bridgehead atoms. The number of benzene rings is 1. The van der Waals surface area contributed by atoms with Gasteiger partial charge in [0.05, 0.1) is 4.88 Å². The number of thiophene rings is 1. The first-order chi connectivity index (χ1) is 10.6. The standard InChI is InChI=1S/C15H13N3O3S/c1-10(19)18-15(13(20)16-11-6-3-2-4-7-11)21-14(17-18)12-8-5-9-22-12/h2-9,15H,1H3,(H,16,20). The molecule has 0 aliphatic carbocycles. The van der Waals surface area contributed by atoms with E-state index in [0.717, 1.165) is 9.89 Å². The van der Waals surface area contributed by atoms with Crippen LogP contribution >= 0.6 is 11.3 Å². The first-order valence-corrected chi connectivity index (χ1v) is 7.48. The SMILES string of the molecule is CC(=O)N1N=C(c2cccs2)OC1C(=O)Nc1ccccc1. The number of rotatable bonds is 3. The molecule has 0 radical (unpaired) electrons. The summed E-state index contributed by atoms with van der Waals surface area (Å²) in [5.74, 6) is -0.533. The minimum absolute atomic E-state index is 0.276. The van der Waals surface area contributed by atoms with Gasteiger partial charge in [0.2, 0.25) is 5.91 Å². The van der Waals surface area contributed by atoms with Crippen molar-refractivity contribution in [2.75, 3.05) is 5.32 Å². The molecule has 7 heteroatoms. The fourth-order valence-corrected chi connectivity index (χ4v) is 2.61. The lowest BCUT2D eigenvalue weighted by Crippen LogP contribution is -2.42. The van der Waals surface area contributed by atoms with E-state index in [1.165, 1.54) is 18.3 Å². The topological polar surface area (TPSA) is 71.0 Å². The third-order valence-corrected chi connectivity index (χ3v) is 3.82. The maximum atomic E-state index is 12.3. The van der Waals surface area contributed by atoms with Crippen molar-refractivity contribution in [3.8, 4) is 0 Å². The molecule has 0 fully saturated rings. The van der Waals surface area contributed by atoms with Crippen LogP contribution in [-0.4, -0.2) is 28.9 Å². The minimum Gasteiger partial charge on any atom is -0.440 e. The zero-order chi connectivity index (χ0) is 15.5. The lowest BCUT2D eigenvalue weighted by atomic mass is 10.3. The number of ether oxygens (including phenoxy) is 1. The quantitative estimate of drug-likeness (QED) is 0.944. The Labute approximate surface area is 131 Å². The predicted molar refractivity (Wildman–Crippen MR) is 83.3 cm³/mol. The second-order valence-electron chi connectivity index (χ2n) is 4.57. The van der Waals surface area contributed by atoms with Gasteiger partial charge in [-0.1, -0.05) is 24.3 Å². The molecule has 1 unspecified atom stereocenters. The van der Waals surface area contributed by atoms with Crippen LogP contribution in [0, 0.1) is 0 Å². The van der Waals surface area contributed by atoms with Gasteiger partial charge >= 0.3 is 0 Å². The highest BCUT2D eigenvalue weighted by Gasteiger charge is 2.37. The predicted octanol–water partition coefficient (Wildman–Crippen LogP) is 2.25. The summed E-state index contributed by atoms with van der Waals surface area (Å²) >= 11 is 1.43. The molecule has 1 aromatic carbocycles. The molecule has 2 aromatic rings. The van der Waals surface area contributed by atoms with Gasteiger partial charge in [-0.25, -0.2) is 0 Å².